The van der Waals surface area contributed by atoms with Crippen LogP contribution in [-0.4, -0.2) is 5.78 Å². The molecule has 4 aliphatic carbocycles. The number of hydrogen-bond donors (Lipinski definition) is 1. The molecular formula is C25H33NO. The fourth-order valence-electron chi connectivity index (χ4n) is 7.58. The van der Waals surface area contributed by atoms with Crippen LogP contribution in [0.2, 0.25) is 0 Å². The predicted octanol–water partition coefficient (Wildman–Crippen LogP) is 5.69. The summed E-state index contributed by atoms with van der Waals surface area (Å²) in [5.41, 5.74) is 3.30. The molecule has 0 bridgehead atoms. The summed E-state index contributed by atoms with van der Waals surface area (Å²) in [4.78, 5) is 13.0. The topological polar surface area (TPSA) is 29.1 Å². The Hall–Kier alpha value is -1.57. The predicted molar refractivity (Wildman–Crippen MR) is 110 cm³/mol. The number of rotatable bonds is 1. The fraction of sp³-hybridized carbons (Fsp3) is 0.640. The van der Waals surface area contributed by atoms with Crippen molar-refractivity contribution in [1.29, 1.82) is 0 Å². The Morgan fingerprint density at radius 2 is 1.93 bits per heavy atom. The molecular weight excluding hydrogens is 330 g/mol. The second-order valence-corrected chi connectivity index (χ2v) is 10.2. The van der Waals surface area contributed by atoms with Crippen LogP contribution in [0.4, 0.5) is 0 Å². The second-order valence-electron chi connectivity index (χ2n) is 10.2. The van der Waals surface area contributed by atoms with Crippen LogP contribution in [0.5, 0.6) is 0 Å². The number of hydrogen-bond acceptors (Lipinski definition) is 2. The first-order chi connectivity index (χ1) is 13.0. The summed E-state index contributed by atoms with van der Waals surface area (Å²) >= 11 is 0. The van der Waals surface area contributed by atoms with Crippen LogP contribution in [-0.2, 0) is 4.79 Å². The van der Waals surface area contributed by atoms with Gasteiger partial charge in [0.05, 0.1) is 5.92 Å². The Bertz CT molecular complexity index is 771. The van der Waals surface area contributed by atoms with E-state index in [1.165, 1.54) is 44.1 Å². The lowest BCUT2D eigenvalue weighted by molar-refractivity contribution is -0.125. The van der Waals surface area contributed by atoms with Gasteiger partial charge in [0.15, 0.2) is 0 Å². The van der Waals surface area contributed by atoms with E-state index in [4.69, 9.17) is 0 Å². The number of ketones is 1. The zero-order chi connectivity index (χ0) is 18.6. The largest absolute Gasteiger partial charge is 0.364 e. The van der Waals surface area contributed by atoms with Gasteiger partial charge in [0, 0.05) is 18.3 Å². The molecule has 0 aromatic carbocycles. The minimum Gasteiger partial charge on any atom is -0.364 e. The lowest BCUT2D eigenvalue weighted by atomic mass is 9.47. The standard InChI is InChI=1S/C25H33NO/c1-24-13-6-7-18(24)17-9-10-20-23(21-8-4-3-5-16-26-21)22(27)12-15-25(20,2)19(17)11-14-24/h3-5,8,10,16-19,23,26H,6-7,9,11-15H2,1-2H3/t17-,18-,19-,23?,24-,25+/m0/s1. The maximum atomic E-state index is 13.0. The third kappa shape index (κ3) is 2.55. The minimum atomic E-state index is -0.0611. The minimum absolute atomic E-state index is 0.0611. The van der Waals surface area contributed by atoms with Crippen molar-refractivity contribution in [3.05, 3.63) is 47.9 Å². The number of nitrogens with one attached hydrogen (secondary N) is 1. The van der Waals surface area contributed by atoms with Crippen molar-refractivity contribution in [2.75, 3.05) is 0 Å². The van der Waals surface area contributed by atoms with E-state index in [1.54, 1.807) is 0 Å². The van der Waals surface area contributed by atoms with Gasteiger partial charge in [-0.15, -0.1) is 0 Å². The maximum Gasteiger partial charge on any atom is 0.145 e. The van der Waals surface area contributed by atoms with Crippen LogP contribution in [0.1, 0.15) is 65.2 Å². The summed E-state index contributed by atoms with van der Waals surface area (Å²) < 4.78 is 0. The number of Topliss-reactive ketones (excluding diaryl/α,β-unsaturated/α-hetero) is 1. The van der Waals surface area contributed by atoms with Gasteiger partial charge in [0.1, 0.15) is 5.78 Å². The fourth-order valence-corrected chi connectivity index (χ4v) is 7.58. The summed E-state index contributed by atoms with van der Waals surface area (Å²) in [7, 11) is 0. The van der Waals surface area contributed by atoms with E-state index in [2.05, 4.69) is 37.4 Å². The van der Waals surface area contributed by atoms with Gasteiger partial charge < -0.3 is 5.32 Å². The number of allylic oxidation sites excluding steroid dienone is 6. The van der Waals surface area contributed by atoms with Gasteiger partial charge in [-0.05, 0) is 79.3 Å². The van der Waals surface area contributed by atoms with Crippen molar-refractivity contribution in [2.24, 2.45) is 34.5 Å². The lowest BCUT2D eigenvalue weighted by Crippen LogP contribution is -2.51. The molecule has 0 spiro atoms. The third-order valence-electron chi connectivity index (χ3n) is 8.99. The molecule has 0 radical (unpaired) electrons. The summed E-state index contributed by atoms with van der Waals surface area (Å²) in [6.07, 6.45) is 22.7. The smallest absolute Gasteiger partial charge is 0.145 e. The molecule has 1 N–H and O–H groups in total. The van der Waals surface area contributed by atoms with Crippen LogP contribution in [0, 0.1) is 34.5 Å². The zero-order valence-corrected chi connectivity index (χ0v) is 16.8. The molecule has 0 aromatic rings. The molecule has 0 aromatic heterocycles. The van der Waals surface area contributed by atoms with E-state index in [1.807, 2.05) is 18.4 Å². The van der Waals surface area contributed by atoms with Gasteiger partial charge in [0.25, 0.3) is 0 Å². The monoisotopic (exact) mass is 363 g/mol. The lowest BCUT2D eigenvalue weighted by Gasteiger charge is -2.57. The quantitative estimate of drug-likeness (QED) is 0.606. The first kappa shape index (κ1) is 17.5. The zero-order valence-electron chi connectivity index (χ0n) is 16.8. The van der Waals surface area contributed by atoms with E-state index in [-0.39, 0.29) is 11.3 Å². The average molecular weight is 364 g/mol. The Balaban J connectivity index is 1.53. The normalized spacial score (nSPS) is 45.8. The highest BCUT2D eigenvalue weighted by Crippen LogP contribution is 2.65. The third-order valence-corrected chi connectivity index (χ3v) is 8.99. The average Bonchev–Trinajstić information content (AvgIpc) is 2.87. The Morgan fingerprint density at radius 1 is 1.04 bits per heavy atom. The van der Waals surface area contributed by atoms with E-state index in [0.29, 0.717) is 11.2 Å². The molecule has 144 valence electrons. The first-order valence-electron chi connectivity index (χ1n) is 11.1. The van der Waals surface area contributed by atoms with E-state index in [9.17, 15) is 4.79 Å². The first-order valence-corrected chi connectivity index (χ1v) is 11.1. The van der Waals surface area contributed by atoms with Crippen molar-refractivity contribution in [2.45, 2.75) is 65.2 Å². The molecule has 5 rings (SSSR count). The summed E-state index contributed by atoms with van der Waals surface area (Å²) in [5.74, 6) is 2.85. The van der Waals surface area contributed by atoms with E-state index >= 15 is 0 Å². The summed E-state index contributed by atoms with van der Waals surface area (Å²) in [6, 6.07) is 0. The Morgan fingerprint density at radius 3 is 2.81 bits per heavy atom. The molecule has 6 atom stereocenters. The Kier molecular flexibility index (Phi) is 4.04. The van der Waals surface area contributed by atoms with Gasteiger partial charge in [-0.25, -0.2) is 0 Å². The van der Waals surface area contributed by atoms with E-state index in [0.717, 1.165) is 36.3 Å². The van der Waals surface area contributed by atoms with Gasteiger partial charge in [-0.1, -0.05) is 44.1 Å². The van der Waals surface area contributed by atoms with Crippen LogP contribution in [0.3, 0.4) is 0 Å². The molecule has 1 heterocycles. The highest BCUT2D eigenvalue weighted by Gasteiger charge is 2.57. The van der Waals surface area contributed by atoms with Gasteiger partial charge in [-0.2, -0.15) is 0 Å². The molecule has 1 unspecified atom stereocenters. The highest BCUT2D eigenvalue weighted by molar-refractivity contribution is 5.88. The molecule has 2 nitrogen and oxygen atoms in total. The molecule has 3 fully saturated rings. The number of fused-ring (bicyclic) bond motifs is 5. The van der Waals surface area contributed by atoms with Crippen LogP contribution in [0.25, 0.3) is 0 Å². The Labute approximate surface area is 163 Å². The highest BCUT2D eigenvalue weighted by atomic mass is 16.1. The molecule has 5 aliphatic rings. The van der Waals surface area contributed by atoms with Crippen LogP contribution in [0.15, 0.2) is 47.9 Å². The molecule has 3 saturated carbocycles. The number of carbonyl (C=O) groups is 1. The van der Waals surface area contributed by atoms with E-state index < -0.39 is 0 Å². The second kappa shape index (κ2) is 6.22. The molecule has 2 heteroatoms. The number of carbonyl (C=O) groups excluding carboxylic acids is 1. The molecule has 0 amide bonds. The summed E-state index contributed by atoms with van der Waals surface area (Å²) in [5, 5.41) is 3.40. The van der Waals surface area contributed by atoms with Crippen LogP contribution >= 0.6 is 0 Å². The van der Waals surface area contributed by atoms with Crippen molar-refractivity contribution in [3.63, 3.8) is 0 Å². The SMILES string of the molecule is C[C@@]12CCC[C@H]1[C@@H]1CC=C3C(C4=CC=CC=CN4)C(=O)CC[C@]3(C)[C@H]1CC2. The van der Waals surface area contributed by atoms with Crippen molar-refractivity contribution in [3.8, 4) is 0 Å². The molecule has 27 heavy (non-hydrogen) atoms. The van der Waals surface area contributed by atoms with Crippen molar-refractivity contribution in [1.82, 2.24) is 5.32 Å². The molecule has 1 aliphatic heterocycles. The maximum absolute atomic E-state index is 13.0. The van der Waals surface area contributed by atoms with Crippen molar-refractivity contribution >= 4 is 5.78 Å². The van der Waals surface area contributed by atoms with Crippen molar-refractivity contribution < 1.29 is 4.79 Å². The van der Waals surface area contributed by atoms with Gasteiger partial charge in [0.2, 0.25) is 0 Å². The summed E-state index contributed by atoms with van der Waals surface area (Å²) in [6.45, 7) is 5.06. The van der Waals surface area contributed by atoms with Gasteiger partial charge in [-0.3, -0.25) is 4.79 Å². The van der Waals surface area contributed by atoms with Gasteiger partial charge >= 0.3 is 0 Å². The molecule has 0 saturated heterocycles. The van der Waals surface area contributed by atoms with Crippen LogP contribution < -0.4 is 5.32 Å².